The van der Waals surface area contributed by atoms with Crippen molar-refractivity contribution in [1.82, 2.24) is 30.0 Å². The van der Waals surface area contributed by atoms with Gasteiger partial charge in [-0.1, -0.05) is 47.7 Å². The molecule has 1 unspecified atom stereocenters. The van der Waals surface area contributed by atoms with Crippen molar-refractivity contribution in [2.45, 2.75) is 77.4 Å². The number of fused-ring (bicyclic) bond motifs is 3. The van der Waals surface area contributed by atoms with Crippen LogP contribution in [0.3, 0.4) is 0 Å². The molecule has 364 valence electrons. The fraction of sp³-hybridized carbons (Fsp3) is 0.333. The van der Waals surface area contributed by atoms with Crippen molar-refractivity contribution in [3.8, 4) is 16.9 Å². The molecule has 0 bridgehead atoms. The lowest BCUT2D eigenvalue weighted by molar-refractivity contribution is -0.134. The first-order valence-corrected chi connectivity index (χ1v) is 25.0. The van der Waals surface area contributed by atoms with E-state index in [2.05, 4.69) is 37.9 Å². The minimum Gasteiger partial charge on any atom is -0.490 e. The van der Waals surface area contributed by atoms with Gasteiger partial charge in [-0.2, -0.15) is 5.10 Å². The number of aromatic nitrogens is 4. The average Bonchev–Trinajstić information content (AvgIpc) is 3.93. The minimum atomic E-state index is -1.13. The zero-order valence-electron chi connectivity index (χ0n) is 39.9. The first kappa shape index (κ1) is 47.2. The number of para-hydroxylation sites is 1. The molecule has 7 aromatic rings. The van der Waals surface area contributed by atoms with Crippen LogP contribution in [0.2, 0.25) is 0 Å². The number of carboxylic acids is 1. The molecule has 0 radical (unpaired) electrons. The van der Waals surface area contributed by atoms with Crippen molar-refractivity contribution in [3.63, 3.8) is 0 Å². The molecule has 3 aromatic heterocycles. The Morgan fingerprint density at radius 2 is 1.72 bits per heavy atom. The third-order valence-corrected chi connectivity index (χ3v) is 15.1. The van der Waals surface area contributed by atoms with Gasteiger partial charge in [-0.05, 0) is 148 Å². The fourth-order valence-electron chi connectivity index (χ4n) is 10.3. The third kappa shape index (κ3) is 10.1. The van der Waals surface area contributed by atoms with Gasteiger partial charge in [-0.15, -0.1) is 0 Å². The van der Waals surface area contributed by atoms with Gasteiger partial charge in [0.1, 0.15) is 11.6 Å². The number of ether oxygens (including phenoxy) is 1. The molecule has 71 heavy (non-hydrogen) atoms. The Morgan fingerprint density at radius 1 is 0.901 bits per heavy atom. The number of imide groups is 1. The number of aryl methyl sites for hydroxylation is 1. The number of nitrogens with zero attached hydrogens (tertiary/aromatic N) is 6. The van der Waals surface area contributed by atoms with Crippen LogP contribution in [0.15, 0.2) is 91.0 Å². The Kier molecular flexibility index (Phi) is 13.3. The summed E-state index contributed by atoms with van der Waals surface area (Å²) in [5.74, 6) is -0.842. The Hall–Kier alpha value is -7.50. The number of amides is 4. The number of nitrogens with one attached hydrogen (secondary N) is 3. The van der Waals surface area contributed by atoms with Crippen LogP contribution in [0.25, 0.3) is 32.2 Å². The molecular formula is C54H55N9O7S. The maximum atomic E-state index is 13.6. The maximum Gasteiger partial charge on any atom is 0.355 e. The molecule has 16 nitrogen and oxygen atoms in total. The lowest BCUT2D eigenvalue weighted by Crippen LogP contribution is -2.39. The van der Waals surface area contributed by atoms with Gasteiger partial charge in [0, 0.05) is 48.8 Å². The summed E-state index contributed by atoms with van der Waals surface area (Å²) >= 11 is 1.43. The first-order chi connectivity index (χ1) is 34.3. The predicted octanol–water partition coefficient (Wildman–Crippen LogP) is 8.49. The van der Waals surface area contributed by atoms with E-state index in [0.717, 1.165) is 82.1 Å². The molecule has 10 rings (SSSR count). The van der Waals surface area contributed by atoms with E-state index in [1.807, 2.05) is 103 Å². The van der Waals surface area contributed by atoms with Gasteiger partial charge in [-0.3, -0.25) is 39.4 Å². The number of anilines is 3. The fourth-order valence-corrected chi connectivity index (χ4v) is 11.1. The van der Waals surface area contributed by atoms with E-state index in [4.69, 9.17) is 9.72 Å². The van der Waals surface area contributed by atoms with Crippen molar-refractivity contribution in [1.29, 1.82) is 0 Å². The molecule has 3 aliphatic rings. The number of piperidine rings is 2. The van der Waals surface area contributed by atoms with Gasteiger partial charge < -0.3 is 20.1 Å². The van der Waals surface area contributed by atoms with Gasteiger partial charge in [0.2, 0.25) is 17.7 Å². The topological polar surface area (TPSA) is 201 Å². The molecule has 2 atom stereocenters. The molecule has 6 heterocycles. The zero-order chi connectivity index (χ0) is 49.3. The Labute approximate surface area is 414 Å². The number of hydrogen-bond donors (Lipinski definition) is 4. The van der Waals surface area contributed by atoms with Crippen molar-refractivity contribution < 1.29 is 33.8 Å². The second kappa shape index (κ2) is 20.1. The lowest BCUT2D eigenvalue weighted by atomic mass is 9.91. The standard InChI is InChI=1S/C54H55N9O7S/c1-31(14-15-33-22-25-62(26-23-33)30-48(65)55-35-16-17-39-43(28-35)61(3)60-49(39)40-19-21-47(64)58-52(40)67)70-44-12-7-9-36(32(44)2)37-18-20-46(57-50(37)53(68)69)63-27-24-34-8-6-10-38(41(34)29-63)51(66)59-54-56-42-11-4-5-13-45(42)71-54/h4-13,16-18,20,28,31,33,40H,14-15,19,21-27,29-30H2,1-3H3,(H,55,65)(H,68,69)(H,56,59,66)(H,58,64,67)/t31-,40?/m0/s1. The van der Waals surface area contributed by atoms with Crippen LogP contribution >= 0.6 is 11.3 Å². The molecule has 2 saturated heterocycles. The number of likely N-dealkylation sites (tertiary alicyclic amines) is 1. The zero-order valence-corrected chi connectivity index (χ0v) is 40.7. The molecule has 4 N–H and O–H groups in total. The van der Waals surface area contributed by atoms with Crippen molar-refractivity contribution >= 4 is 78.7 Å². The number of thiazole rings is 1. The summed E-state index contributed by atoms with van der Waals surface area (Å²) in [6, 6.07) is 28.5. The van der Waals surface area contributed by atoms with Gasteiger partial charge in [0.05, 0.1) is 40.0 Å². The Bertz CT molecular complexity index is 3200. The number of carbonyl (C=O) groups excluding carboxylic acids is 4. The number of pyridine rings is 1. The molecular weight excluding hydrogens is 919 g/mol. The Balaban J connectivity index is 0.721. The molecule has 17 heteroatoms. The quantitative estimate of drug-likeness (QED) is 0.0759. The molecule has 0 saturated carbocycles. The highest BCUT2D eigenvalue weighted by Crippen LogP contribution is 2.36. The largest absolute Gasteiger partial charge is 0.490 e. The van der Waals surface area contributed by atoms with Crippen molar-refractivity contribution in [3.05, 3.63) is 125 Å². The average molecular weight is 974 g/mol. The van der Waals surface area contributed by atoms with Gasteiger partial charge in [0.15, 0.2) is 10.8 Å². The summed E-state index contributed by atoms with van der Waals surface area (Å²) < 4.78 is 9.22. The molecule has 0 aliphatic carbocycles. The summed E-state index contributed by atoms with van der Waals surface area (Å²) in [4.78, 5) is 77.4. The van der Waals surface area contributed by atoms with Gasteiger partial charge in [0.25, 0.3) is 5.91 Å². The van der Waals surface area contributed by atoms with Gasteiger partial charge in [-0.25, -0.2) is 14.8 Å². The van der Waals surface area contributed by atoms with Crippen LogP contribution in [-0.4, -0.2) is 91.6 Å². The van der Waals surface area contributed by atoms with E-state index >= 15 is 0 Å². The van der Waals surface area contributed by atoms with E-state index in [-0.39, 0.29) is 48.4 Å². The van der Waals surface area contributed by atoms with Crippen LogP contribution in [0.4, 0.5) is 16.6 Å². The highest BCUT2D eigenvalue weighted by molar-refractivity contribution is 7.22. The van der Waals surface area contributed by atoms with E-state index in [1.54, 1.807) is 11.7 Å². The monoisotopic (exact) mass is 973 g/mol. The molecule has 4 aromatic carbocycles. The maximum absolute atomic E-state index is 13.6. The summed E-state index contributed by atoms with van der Waals surface area (Å²) in [5.41, 5.74) is 7.42. The van der Waals surface area contributed by atoms with Crippen molar-refractivity contribution in [2.24, 2.45) is 13.0 Å². The van der Waals surface area contributed by atoms with Crippen molar-refractivity contribution in [2.75, 3.05) is 41.7 Å². The number of carboxylic acid groups (broad SMARTS) is 1. The number of aromatic carboxylic acids is 1. The first-order valence-electron chi connectivity index (χ1n) is 24.2. The summed E-state index contributed by atoms with van der Waals surface area (Å²) in [6.07, 6.45) is 5.06. The molecule has 0 spiro atoms. The summed E-state index contributed by atoms with van der Waals surface area (Å²) in [6.45, 7) is 6.94. The predicted molar refractivity (Wildman–Crippen MR) is 273 cm³/mol. The number of rotatable bonds is 14. The molecule has 4 amide bonds. The molecule has 2 fully saturated rings. The smallest absolute Gasteiger partial charge is 0.355 e. The van der Waals surface area contributed by atoms with Crippen LogP contribution in [0.5, 0.6) is 5.75 Å². The van der Waals surface area contributed by atoms with E-state index in [1.165, 1.54) is 11.3 Å². The lowest BCUT2D eigenvalue weighted by Gasteiger charge is -2.32. The second-order valence-corrected chi connectivity index (χ2v) is 19.9. The van der Waals surface area contributed by atoms with E-state index < -0.39 is 11.9 Å². The van der Waals surface area contributed by atoms with Crippen LogP contribution < -0.4 is 25.6 Å². The number of hydrogen-bond acceptors (Lipinski definition) is 12. The van der Waals surface area contributed by atoms with Gasteiger partial charge >= 0.3 is 5.97 Å². The van der Waals surface area contributed by atoms with Crippen LogP contribution in [0.1, 0.15) is 94.6 Å². The second-order valence-electron chi connectivity index (χ2n) is 18.9. The Morgan fingerprint density at radius 3 is 2.52 bits per heavy atom. The van der Waals surface area contributed by atoms with Crippen LogP contribution in [-0.2, 0) is 34.4 Å². The van der Waals surface area contributed by atoms with Crippen LogP contribution in [0, 0.1) is 12.8 Å². The van der Waals surface area contributed by atoms with E-state index in [0.29, 0.717) is 71.1 Å². The summed E-state index contributed by atoms with van der Waals surface area (Å²) in [5, 5.41) is 24.9. The minimum absolute atomic E-state index is 0.0550. The summed E-state index contributed by atoms with van der Waals surface area (Å²) in [7, 11) is 1.81. The molecule has 3 aliphatic heterocycles. The number of carbonyl (C=O) groups is 5. The number of benzene rings is 4. The SMILES string of the molecule is Cc1c(O[C@@H](C)CCC2CCN(CC(=O)Nc3ccc4c(C5CCC(=O)NC5=O)nn(C)c4c3)CC2)cccc1-c1ccc(N2CCc3cccc(C(=O)Nc4nc5ccccc5s4)c3C2)nc1C(=O)O. The third-order valence-electron chi connectivity index (χ3n) is 14.1. The highest BCUT2D eigenvalue weighted by Gasteiger charge is 2.32. The normalized spacial score (nSPS) is 16.9. The van der Waals surface area contributed by atoms with E-state index in [9.17, 15) is 29.1 Å². The highest BCUT2D eigenvalue weighted by atomic mass is 32.1.